The number of carbonyl (C=O) groups is 2. The number of benzene rings is 1. The number of hydrogen-bond acceptors (Lipinski definition) is 2. The van der Waals surface area contributed by atoms with E-state index in [1.807, 2.05) is 26.0 Å². The molecule has 21 heavy (non-hydrogen) atoms. The standard InChI is InChI=1S/C16H20ClNO3/c1-10(2)13(9-14(19)20)18-15(21)16(7-8-16)11-3-5-12(17)6-4-11/h3-6,10,13H,7-9H2,1-2H3,(H,18,21)(H,19,20). The molecule has 1 atom stereocenters. The third-order valence-corrected chi connectivity index (χ3v) is 4.35. The summed E-state index contributed by atoms with van der Waals surface area (Å²) in [5.74, 6) is -0.902. The third kappa shape index (κ3) is 3.56. The topological polar surface area (TPSA) is 66.4 Å². The lowest BCUT2D eigenvalue weighted by Crippen LogP contribution is -2.45. The van der Waals surface area contributed by atoms with Crippen LogP contribution in [-0.4, -0.2) is 23.0 Å². The molecule has 1 aliphatic rings. The van der Waals surface area contributed by atoms with Crippen LogP contribution >= 0.6 is 11.6 Å². The van der Waals surface area contributed by atoms with Crippen molar-refractivity contribution in [3.63, 3.8) is 0 Å². The summed E-state index contributed by atoms with van der Waals surface area (Å²) in [6, 6.07) is 6.95. The number of amides is 1. The van der Waals surface area contributed by atoms with E-state index in [1.54, 1.807) is 12.1 Å². The van der Waals surface area contributed by atoms with Crippen molar-refractivity contribution in [2.45, 2.75) is 44.6 Å². The van der Waals surface area contributed by atoms with Gasteiger partial charge < -0.3 is 10.4 Å². The molecule has 0 bridgehead atoms. The fourth-order valence-corrected chi connectivity index (χ4v) is 2.61. The molecular formula is C16H20ClNO3. The Kier molecular flexibility index (Phi) is 4.57. The van der Waals surface area contributed by atoms with E-state index < -0.39 is 11.4 Å². The number of aliphatic carboxylic acids is 1. The number of carboxylic acid groups (broad SMARTS) is 1. The predicted molar refractivity (Wildman–Crippen MR) is 81.4 cm³/mol. The minimum atomic E-state index is -0.898. The van der Waals surface area contributed by atoms with Crippen molar-refractivity contribution in [3.8, 4) is 0 Å². The number of hydrogen-bond donors (Lipinski definition) is 2. The van der Waals surface area contributed by atoms with Crippen LogP contribution in [0, 0.1) is 5.92 Å². The van der Waals surface area contributed by atoms with Crippen LogP contribution < -0.4 is 5.32 Å². The Morgan fingerprint density at radius 2 is 1.86 bits per heavy atom. The summed E-state index contributed by atoms with van der Waals surface area (Å²) in [5.41, 5.74) is 0.443. The molecule has 4 nitrogen and oxygen atoms in total. The second-order valence-electron chi connectivity index (χ2n) is 6.01. The van der Waals surface area contributed by atoms with Crippen molar-refractivity contribution in [2.75, 3.05) is 0 Å². The summed E-state index contributed by atoms with van der Waals surface area (Å²) in [5, 5.41) is 12.5. The predicted octanol–water partition coefficient (Wildman–Crippen LogP) is 2.99. The van der Waals surface area contributed by atoms with E-state index in [-0.39, 0.29) is 24.3 Å². The Morgan fingerprint density at radius 1 is 1.29 bits per heavy atom. The van der Waals surface area contributed by atoms with E-state index in [0.29, 0.717) is 5.02 Å². The molecular weight excluding hydrogens is 290 g/mol. The lowest BCUT2D eigenvalue weighted by molar-refractivity contribution is -0.138. The normalized spacial score (nSPS) is 17.3. The van der Waals surface area contributed by atoms with Crippen LogP contribution in [0.15, 0.2) is 24.3 Å². The van der Waals surface area contributed by atoms with Gasteiger partial charge in [-0.25, -0.2) is 0 Å². The van der Waals surface area contributed by atoms with Gasteiger partial charge in [0.1, 0.15) is 0 Å². The van der Waals surface area contributed by atoms with Crippen molar-refractivity contribution < 1.29 is 14.7 Å². The maximum Gasteiger partial charge on any atom is 0.305 e. The van der Waals surface area contributed by atoms with Gasteiger partial charge in [-0.1, -0.05) is 37.6 Å². The van der Waals surface area contributed by atoms with Gasteiger partial charge in [0.25, 0.3) is 0 Å². The molecule has 2 rings (SSSR count). The first-order chi connectivity index (χ1) is 9.85. The second-order valence-corrected chi connectivity index (χ2v) is 6.45. The van der Waals surface area contributed by atoms with Crippen LogP contribution in [0.1, 0.15) is 38.7 Å². The zero-order valence-corrected chi connectivity index (χ0v) is 13.0. The molecule has 1 saturated carbocycles. The Hall–Kier alpha value is -1.55. The SMILES string of the molecule is CC(C)C(CC(=O)O)NC(=O)C1(c2ccc(Cl)cc2)CC1. The van der Waals surface area contributed by atoms with Crippen molar-refractivity contribution in [1.29, 1.82) is 0 Å². The molecule has 1 aromatic carbocycles. The van der Waals surface area contributed by atoms with Gasteiger partial charge in [-0.15, -0.1) is 0 Å². The van der Waals surface area contributed by atoms with Gasteiger partial charge in [0.15, 0.2) is 0 Å². The van der Waals surface area contributed by atoms with Crippen LogP contribution in [0.25, 0.3) is 0 Å². The molecule has 0 aromatic heterocycles. The molecule has 114 valence electrons. The van der Waals surface area contributed by atoms with Crippen LogP contribution in [0.2, 0.25) is 5.02 Å². The van der Waals surface area contributed by atoms with E-state index in [4.69, 9.17) is 16.7 Å². The third-order valence-electron chi connectivity index (χ3n) is 4.10. The zero-order valence-electron chi connectivity index (χ0n) is 12.2. The molecule has 0 spiro atoms. The zero-order chi connectivity index (χ0) is 15.6. The minimum Gasteiger partial charge on any atom is -0.481 e. The summed E-state index contributed by atoms with van der Waals surface area (Å²) in [7, 11) is 0. The molecule has 1 aromatic rings. The summed E-state index contributed by atoms with van der Waals surface area (Å²) in [6.45, 7) is 3.82. The van der Waals surface area contributed by atoms with E-state index in [1.165, 1.54) is 0 Å². The highest BCUT2D eigenvalue weighted by atomic mass is 35.5. The Balaban J connectivity index is 2.11. The number of carboxylic acids is 1. The summed E-state index contributed by atoms with van der Waals surface area (Å²) in [6.07, 6.45) is 1.52. The number of carbonyl (C=O) groups excluding carboxylic acids is 1. The molecule has 1 unspecified atom stereocenters. The highest BCUT2D eigenvalue weighted by molar-refractivity contribution is 6.30. The highest BCUT2D eigenvalue weighted by Crippen LogP contribution is 2.48. The molecule has 1 amide bonds. The van der Waals surface area contributed by atoms with E-state index in [2.05, 4.69) is 5.32 Å². The van der Waals surface area contributed by atoms with Gasteiger partial charge in [0.05, 0.1) is 11.8 Å². The van der Waals surface area contributed by atoms with Crippen molar-refractivity contribution in [2.24, 2.45) is 5.92 Å². The number of nitrogens with one attached hydrogen (secondary N) is 1. The lowest BCUT2D eigenvalue weighted by atomic mass is 9.93. The molecule has 1 fully saturated rings. The molecule has 1 aliphatic carbocycles. The Morgan fingerprint density at radius 3 is 2.29 bits per heavy atom. The number of halogens is 1. The van der Waals surface area contributed by atoms with Crippen LogP contribution in [0.3, 0.4) is 0 Å². The van der Waals surface area contributed by atoms with Crippen molar-refractivity contribution in [1.82, 2.24) is 5.32 Å². The number of rotatable bonds is 6. The summed E-state index contributed by atoms with van der Waals surface area (Å²) >= 11 is 5.88. The highest BCUT2D eigenvalue weighted by Gasteiger charge is 2.51. The van der Waals surface area contributed by atoms with Gasteiger partial charge >= 0.3 is 5.97 Å². The van der Waals surface area contributed by atoms with Gasteiger partial charge in [-0.3, -0.25) is 9.59 Å². The van der Waals surface area contributed by atoms with Gasteiger partial charge in [-0.2, -0.15) is 0 Å². The fourth-order valence-electron chi connectivity index (χ4n) is 2.49. The van der Waals surface area contributed by atoms with E-state index >= 15 is 0 Å². The van der Waals surface area contributed by atoms with E-state index in [9.17, 15) is 9.59 Å². The van der Waals surface area contributed by atoms with E-state index in [0.717, 1.165) is 18.4 Å². The van der Waals surface area contributed by atoms with Crippen LogP contribution in [0.4, 0.5) is 0 Å². The largest absolute Gasteiger partial charge is 0.481 e. The van der Waals surface area contributed by atoms with Crippen LogP contribution in [-0.2, 0) is 15.0 Å². The maximum atomic E-state index is 12.6. The molecule has 0 saturated heterocycles. The Labute approximate surface area is 129 Å². The molecule has 0 radical (unpaired) electrons. The molecule has 0 heterocycles. The fraction of sp³-hybridized carbons (Fsp3) is 0.500. The average molecular weight is 310 g/mol. The lowest BCUT2D eigenvalue weighted by Gasteiger charge is -2.24. The first-order valence-corrected chi connectivity index (χ1v) is 7.52. The molecule has 5 heteroatoms. The summed E-state index contributed by atoms with van der Waals surface area (Å²) < 4.78 is 0. The maximum absolute atomic E-state index is 12.6. The van der Waals surface area contributed by atoms with Crippen LogP contribution in [0.5, 0.6) is 0 Å². The minimum absolute atomic E-state index is 0.0555. The molecule has 2 N–H and O–H groups in total. The summed E-state index contributed by atoms with van der Waals surface area (Å²) in [4.78, 5) is 23.5. The molecule has 0 aliphatic heterocycles. The monoisotopic (exact) mass is 309 g/mol. The quantitative estimate of drug-likeness (QED) is 0.849. The first kappa shape index (κ1) is 15.8. The second kappa shape index (κ2) is 6.06. The van der Waals surface area contributed by atoms with Crippen molar-refractivity contribution >= 4 is 23.5 Å². The van der Waals surface area contributed by atoms with Gasteiger partial charge in [0.2, 0.25) is 5.91 Å². The average Bonchev–Trinajstić information content (AvgIpc) is 3.19. The van der Waals surface area contributed by atoms with Gasteiger partial charge in [-0.05, 0) is 36.5 Å². The Bertz CT molecular complexity index is 535. The smallest absolute Gasteiger partial charge is 0.305 e. The van der Waals surface area contributed by atoms with Crippen molar-refractivity contribution in [3.05, 3.63) is 34.9 Å². The first-order valence-electron chi connectivity index (χ1n) is 7.14. The van der Waals surface area contributed by atoms with Gasteiger partial charge in [0, 0.05) is 11.1 Å².